The molecule has 0 saturated carbocycles. The Labute approximate surface area is 84.7 Å². The second kappa shape index (κ2) is 4.37. The summed E-state index contributed by atoms with van der Waals surface area (Å²) < 4.78 is 23.8. The normalized spacial score (nSPS) is 21.0. The maximum atomic E-state index is 11.2. The zero-order valence-corrected chi connectivity index (χ0v) is 9.38. The summed E-state index contributed by atoms with van der Waals surface area (Å²) in [5, 5.41) is 0. The highest BCUT2D eigenvalue weighted by atomic mass is 32.2. The third-order valence-electron chi connectivity index (χ3n) is 2.25. The van der Waals surface area contributed by atoms with Crippen molar-refractivity contribution in [2.24, 2.45) is 0 Å². The van der Waals surface area contributed by atoms with E-state index in [2.05, 4.69) is 0 Å². The number of Topliss-reactive ketones (excluding diaryl/α,β-unsaturated/α-hetero) is 1. The molecule has 14 heavy (non-hydrogen) atoms. The molecule has 0 bridgehead atoms. The fourth-order valence-electron chi connectivity index (χ4n) is 1.53. The molecular weight excluding hydrogens is 204 g/mol. The molecule has 1 saturated heterocycles. The highest BCUT2D eigenvalue weighted by molar-refractivity contribution is 7.88. The van der Waals surface area contributed by atoms with Crippen LogP contribution in [0.1, 0.15) is 6.92 Å². The Balaban J connectivity index is 2.43. The van der Waals surface area contributed by atoms with Crippen molar-refractivity contribution in [3.8, 4) is 0 Å². The first-order valence-electron chi connectivity index (χ1n) is 4.56. The summed E-state index contributed by atoms with van der Waals surface area (Å²) in [6, 6.07) is 0. The summed E-state index contributed by atoms with van der Waals surface area (Å²) in [6.07, 6.45) is 1.22. The van der Waals surface area contributed by atoms with Gasteiger partial charge in [0.25, 0.3) is 0 Å². The second-order valence-corrected chi connectivity index (χ2v) is 5.62. The van der Waals surface area contributed by atoms with Crippen LogP contribution in [0.4, 0.5) is 0 Å². The highest BCUT2D eigenvalue weighted by Gasteiger charge is 2.23. The quantitative estimate of drug-likeness (QED) is 0.622. The molecule has 1 heterocycles. The Morgan fingerprint density at radius 3 is 2.07 bits per heavy atom. The summed E-state index contributed by atoms with van der Waals surface area (Å²) in [4.78, 5) is 12.8. The van der Waals surface area contributed by atoms with Crippen molar-refractivity contribution >= 4 is 15.8 Å². The lowest BCUT2D eigenvalue weighted by Gasteiger charge is -2.32. The van der Waals surface area contributed by atoms with Crippen molar-refractivity contribution in [2.45, 2.75) is 6.92 Å². The molecule has 82 valence electrons. The van der Waals surface area contributed by atoms with Gasteiger partial charge in [-0.25, -0.2) is 8.42 Å². The molecular formula is C8H16N2O3S. The van der Waals surface area contributed by atoms with Crippen LogP contribution in [-0.2, 0) is 14.8 Å². The van der Waals surface area contributed by atoms with Crippen LogP contribution in [-0.4, -0.2) is 62.4 Å². The predicted molar refractivity (Wildman–Crippen MR) is 53.5 cm³/mol. The van der Waals surface area contributed by atoms with E-state index in [0.717, 1.165) is 0 Å². The number of carbonyl (C=O) groups excluding carboxylic acids is 1. The molecule has 0 spiro atoms. The molecule has 1 aliphatic heterocycles. The van der Waals surface area contributed by atoms with Crippen molar-refractivity contribution in [1.29, 1.82) is 0 Å². The van der Waals surface area contributed by atoms with Crippen LogP contribution in [0, 0.1) is 0 Å². The van der Waals surface area contributed by atoms with Crippen LogP contribution in [0.15, 0.2) is 0 Å². The minimum atomic E-state index is -3.06. The van der Waals surface area contributed by atoms with Crippen LogP contribution >= 0.6 is 0 Å². The molecule has 0 aromatic heterocycles. The third kappa shape index (κ3) is 3.36. The van der Waals surface area contributed by atoms with Gasteiger partial charge in [0.05, 0.1) is 12.8 Å². The van der Waals surface area contributed by atoms with Gasteiger partial charge >= 0.3 is 0 Å². The van der Waals surface area contributed by atoms with Gasteiger partial charge < -0.3 is 0 Å². The van der Waals surface area contributed by atoms with Gasteiger partial charge in [-0.1, -0.05) is 0 Å². The van der Waals surface area contributed by atoms with Gasteiger partial charge in [0.1, 0.15) is 5.78 Å². The molecule has 5 nitrogen and oxygen atoms in total. The first-order chi connectivity index (χ1) is 6.39. The monoisotopic (exact) mass is 220 g/mol. The van der Waals surface area contributed by atoms with E-state index in [1.54, 1.807) is 6.92 Å². The third-order valence-corrected chi connectivity index (χ3v) is 3.55. The van der Waals surface area contributed by atoms with Gasteiger partial charge in [-0.3, -0.25) is 9.69 Å². The van der Waals surface area contributed by atoms with E-state index in [0.29, 0.717) is 32.7 Å². The molecule has 0 unspecified atom stereocenters. The summed E-state index contributed by atoms with van der Waals surface area (Å²) in [7, 11) is -3.06. The van der Waals surface area contributed by atoms with Crippen molar-refractivity contribution in [3.05, 3.63) is 0 Å². The number of rotatable bonds is 3. The summed E-state index contributed by atoms with van der Waals surface area (Å²) in [5.74, 6) is 0.123. The molecule has 1 rings (SSSR count). The minimum absolute atomic E-state index is 0.123. The second-order valence-electron chi connectivity index (χ2n) is 3.64. The molecule has 1 aliphatic rings. The Bertz CT molecular complexity index is 305. The van der Waals surface area contributed by atoms with Gasteiger partial charge in [-0.05, 0) is 6.92 Å². The van der Waals surface area contributed by atoms with Crippen LogP contribution in [0.25, 0.3) is 0 Å². The van der Waals surface area contributed by atoms with E-state index >= 15 is 0 Å². The van der Waals surface area contributed by atoms with E-state index in [1.165, 1.54) is 10.6 Å². The lowest BCUT2D eigenvalue weighted by molar-refractivity contribution is -0.118. The molecule has 6 heteroatoms. The van der Waals surface area contributed by atoms with Gasteiger partial charge in [0.2, 0.25) is 10.0 Å². The molecule has 0 amide bonds. The lowest BCUT2D eigenvalue weighted by Crippen LogP contribution is -2.49. The van der Waals surface area contributed by atoms with Gasteiger partial charge in [-0.15, -0.1) is 0 Å². The molecule has 0 aromatic rings. The van der Waals surface area contributed by atoms with Crippen molar-refractivity contribution < 1.29 is 13.2 Å². The smallest absolute Gasteiger partial charge is 0.211 e. The van der Waals surface area contributed by atoms with Crippen molar-refractivity contribution in [2.75, 3.05) is 39.0 Å². The number of piperazine rings is 1. The zero-order valence-electron chi connectivity index (χ0n) is 8.56. The Morgan fingerprint density at radius 1 is 1.21 bits per heavy atom. The minimum Gasteiger partial charge on any atom is -0.299 e. The van der Waals surface area contributed by atoms with Crippen molar-refractivity contribution in [3.63, 3.8) is 0 Å². The Morgan fingerprint density at radius 2 is 1.71 bits per heavy atom. The Kier molecular flexibility index (Phi) is 3.63. The van der Waals surface area contributed by atoms with Gasteiger partial charge in [-0.2, -0.15) is 4.31 Å². The maximum Gasteiger partial charge on any atom is 0.211 e. The molecule has 0 N–H and O–H groups in total. The van der Waals surface area contributed by atoms with Crippen molar-refractivity contribution in [1.82, 2.24) is 9.21 Å². The SMILES string of the molecule is CC(=O)CN1CCN(S(C)(=O)=O)CC1. The van der Waals surface area contributed by atoms with Gasteiger partial charge in [0.15, 0.2) is 0 Å². The molecule has 0 atom stereocenters. The number of nitrogens with zero attached hydrogens (tertiary/aromatic N) is 2. The number of carbonyl (C=O) groups is 1. The topological polar surface area (TPSA) is 57.7 Å². The first-order valence-corrected chi connectivity index (χ1v) is 6.41. The van der Waals surface area contributed by atoms with E-state index in [-0.39, 0.29) is 5.78 Å². The first kappa shape index (κ1) is 11.6. The largest absolute Gasteiger partial charge is 0.299 e. The fourth-order valence-corrected chi connectivity index (χ4v) is 2.36. The maximum absolute atomic E-state index is 11.2. The van der Waals surface area contributed by atoms with Crippen LogP contribution in [0.3, 0.4) is 0 Å². The average Bonchev–Trinajstić information content (AvgIpc) is 2.02. The Hall–Kier alpha value is -0.460. The average molecular weight is 220 g/mol. The zero-order chi connectivity index (χ0) is 10.8. The van der Waals surface area contributed by atoms with Crippen LogP contribution in [0.2, 0.25) is 0 Å². The summed E-state index contributed by atoms with van der Waals surface area (Å²) >= 11 is 0. The number of hydrogen-bond donors (Lipinski definition) is 0. The predicted octanol–water partition coefficient (Wildman–Crippen LogP) is -0.847. The number of sulfonamides is 1. The number of ketones is 1. The molecule has 1 fully saturated rings. The van der Waals surface area contributed by atoms with E-state index in [1.807, 2.05) is 4.90 Å². The molecule has 0 radical (unpaired) electrons. The standard InChI is InChI=1S/C8H16N2O3S/c1-8(11)7-9-3-5-10(6-4-9)14(2,12)13/h3-7H2,1-2H3. The lowest BCUT2D eigenvalue weighted by atomic mass is 10.3. The highest BCUT2D eigenvalue weighted by Crippen LogP contribution is 2.05. The summed E-state index contributed by atoms with van der Waals surface area (Å²) in [5.41, 5.74) is 0. The van der Waals surface area contributed by atoms with Crippen LogP contribution in [0.5, 0.6) is 0 Å². The molecule has 0 aliphatic carbocycles. The van der Waals surface area contributed by atoms with E-state index < -0.39 is 10.0 Å². The van der Waals surface area contributed by atoms with E-state index in [9.17, 15) is 13.2 Å². The molecule has 0 aromatic carbocycles. The number of hydrogen-bond acceptors (Lipinski definition) is 4. The van der Waals surface area contributed by atoms with Gasteiger partial charge in [0, 0.05) is 26.2 Å². The van der Waals surface area contributed by atoms with E-state index in [4.69, 9.17) is 0 Å². The fraction of sp³-hybridized carbons (Fsp3) is 0.875. The summed E-state index contributed by atoms with van der Waals surface area (Å²) in [6.45, 7) is 4.25. The van der Waals surface area contributed by atoms with Crippen LogP contribution < -0.4 is 0 Å².